The van der Waals surface area contributed by atoms with Crippen molar-refractivity contribution in [2.45, 2.75) is 44.6 Å². The smallest absolute Gasteiger partial charge is 0.220 e. The highest BCUT2D eigenvalue weighted by molar-refractivity contribution is 5.75. The van der Waals surface area contributed by atoms with Gasteiger partial charge in [-0.1, -0.05) is 30.4 Å². The summed E-state index contributed by atoms with van der Waals surface area (Å²) in [5, 5.41) is 3.03. The number of likely N-dealkylation sites (tertiary alicyclic amines) is 1. The molecular weight excluding hydrogens is 352 g/mol. The molecule has 1 aromatic carbocycles. The van der Waals surface area contributed by atoms with E-state index in [1.165, 1.54) is 12.8 Å². The number of rotatable bonds is 9. The Bertz CT molecular complexity index is 632. The van der Waals surface area contributed by atoms with Gasteiger partial charge >= 0.3 is 0 Å². The zero-order valence-electron chi connectivity index (χ0n) is 17.1. The summed E-state index contributed by atoms with van der Waals surface area (Å²) >= 11 is 0. The Morgan fingerprint density at radius 2 is 2.11 bits per heavy atom. The second-order valence-electron chi connectivity index (χ2n) is 7.87. The predicted molar refractivity (Wildman–Crippen MR) is 112 cm³/mol. The predicted octanol–water partition coefficient (Wildman–Crippen LogP) is 3.50. The van der Waals surface area contributed by atoms with Crippen molar-refractivity contribution in [3.63, 3.8) is 0 Å². The number of para-hydroxylation sites is 1. The van der Waals surface area contributed by atoms with E-state index in [-0.39, 0.29) is 12.0 Å². The minimum absolute atomic E-state index is 0.178. The molecule has 0 aliphatic carbocycles. The SMILES string of the molecule is COc1ccccc1/C=C/CN1CCC(CCC(=O)NC[C@H]2CCCO2)CC1. The molecule has 0 unspecified atom stereocenters. The van der Waals surface area contributed by atoms with Crippen LogP contribution in [0, 0.1) is 5.92 Å². The second kappa shape index (κ2) is 11.2. The van der Waals surface area contributed by atoms with Crippen molar-refractivity contribution in [2.24, 2.45) is 5.92 Å². The topological polar surface area (TPSA) is 50.8 Å². The van der Waals surface area contributed by atoms with Crippen LogP contribution in [-0.2, 0) is 9.53 Å². The molecule has 0 radical (unpaired) electrons. The van der Waals surface area contributed by atoms with E-state index in [1.54, 1.807) is 7.11 Å². The molecule has 2 heterocycles. The fourth-order valence-corrected chi connectivity index (χ4v) is 4.05. The summed E-state index contributed by atoms with van der Waals surface area (Å²) in [6.45, 7) is 4.70. The van der Waals surface area contributed by atoms with Crippen molar-refractivity contribution in [3.8, 4) is 5.75 Å². The first-order valence-electron chi connectivity index (χ1n) is 10.6. The van der Waals surface area contributed by atoms with E-state index in [1.807, 2.05) is 18.2 Å². The van der Waals surface area contributed by atoms with E-state index in [0.717, 1.165) is 56.8 Å². The van der Waals surface area contributed by atoms with Crippen LogP contribution in [0.25, 0.3) is 6.08 Å². The number of nitrogens with one attached hydrogen (secondary N) is 1. The highest BCUT2D eigenvalue weighted by Gasteiger charge is 2.20. The molecule has 2 aliphatic rings. The number of amides is 1. The number of benzene rings is 1. The summed E-state index contributed by atoms with van der Waals surface area (Å²) in [6, 6.07) is 8.09. The molecule has 28 heavy (non-hydrogen) atoms. The second-order valence-corrected chi connectivity index (χ2v) is 7.87. The summed E-state index contributed by atoms with van der Waals surface area (Å²) in [7, 11) is 1.71. The maximum absolute atomic E-state index is 12.0. The van der Waals surface area contributed by atoms with Crippen LogP contribution in [0.3, 0.4) is 0 Å². The quantitative estimate of drug-likeness (QED) is 0.706. The van der Waals surface area contributed by atoms with Gasteiger partial charge in [0.2, 0.25) is 5.91 Å². The molecule has 0 bridgehead atoms. The van der Waals surface area contributed by atoms with Gasteiger partial charge in [-0.25, -0.2) is 0 Å². The maximum atomic E-state index is 12.0. The van der Waals surface area contributed by atoms with E-state index < -0.39 is 0 Å². The molecule has 5 heteroatoms. The van der Waals surface area contributed by atoms with Crippen LogP contribution in [0.15, 0.2) is 30.3 Å². The Morgan fingerprint density at radius 1 is 1.29 bits per heavy atom. The van der Waals surface area contributed by atoms with Crippen molar-refractivity contribution in [1.29, 1.82) is 0 Å². The van der Waals surface area contributed by atoms with Gasteiger partial charge in [-0.3, -0.25) is 9.69 Å². The first kappa shape index (κ1) is 20.9. The number of hydrogen-bond acceptors (Lipinski definition) is 4. The fourth-order valence-electron chi connectivity index (χ4n) is 4.05. The number of piperidine rings is 1. The Labute approximate surface area is 169 Å². The van der Waals surface area contributed by atoms with Gasteiger partial charge < -0.3 is 14.8 Å². The standard InChI is InChI=1S/C23H34N2O3/c1-27-22-9-3-2-6-20(22)7-4-14-25-15-12-19(13-16-25)10-11-23(26)24-18-21-8-5-17-28-21/h2-4,6-7,9,19,21H,5,8,10-18H2,1H3,(H,24,26)/b7-4+/t21-/m1/s1. The molecule has 0 saturated carbocycles. The van der Waals surface area contributed by atoms with Crippen molar-refractivity contribution < 1.29 is 14.3 Å². The number of carbonyl (C=O) groups excluding carboxylic acids is 1. The molecule has 2 fully saturated rings. The summed E-state index contributed by atoms with van der Waals surface area (Å²) < 4.78 is 10.9. The summed E-state index contributed by atoms with van der Waals surface area (Å²) in [4.78, 5) is 14.5. The molecule has 1 atom stereocenters. The fraction of sp³-hybridized carbons (Fsp3) is 0.609. The molecule has 2 saturated heterocycles. The molecule has 154 valence electrons. The molecule has 1 aromatic rings. The number of carbonyl (C=O) groups is 1. The molecule has 0 spiro atoms. The largest absolute Gasteiger partial charge is 0.496 e. The molecule has 2 aliphatic heterocycles. The third kappa shape index (κ3) is 6.64. The van der Waals surface area contributed by atoms with E-state index in [2.05, 4.69) is 28.4 Å². The lowest BCUT2D eigenvalue weighted by Crippen LogP contribution is -2.35. The Kier molecular flexibility index (Phi) is 8.37. The van der Waals surface area contributed by atoms with Crippen LogP contribution < -0.4 is 10.1 Å². The van der Waals surface area contributed by atoms with Gasteiger partial charge in [0.25, 0.3) is 0 Å². The van der Waals surface area contributed by atoms with Crippen LogP contribution in [0.2, 0.25) is 0 Å². The summed E-state index contributed by atoms with van der Waals surface area (Å²) in [5.41, 5.74) is 1.12. The van der Waals surface area contributed by atoms with Crippen molar-refractivity contribution in [1.82, 2.24) is 10.2 Å². The Balaban J connectivity index is 1.30. The van der Waals surface area contributed by atoms with E-state index in [4.69, 9.17) is 9.47 Å². The van der Waals surface area contributed by atoms with Crippen LogP contribution in [0.1, 0.15) is 44.1 Å². The number of hydrogen-bond donors (Lipinski definition) is 1. The van der Waals surface area contributed by atoms with Crippen LogP contribution in [0.4, 0.5) is 0 Å². The highest BCUT2D eigenvalue weighted by atomic mass is 16.5. The normalized spacial score (nSPS) is 21.2. The molecule has 3 rings (SSSR count). The van der Waals surface area contributed by atoms with Gasteiger partial charge in [-0.15, -0.1) is 0 Å². The van der Waals surface area contributed by atoms with Crippen LogP contribution in [-0.4, -0.2) is 56.8 Å². The minimum atomic E-state index is 0.178. The zero-order chi connectivity index (χ0) is 19.6. The lowest BCUT2D eigenvalue weighted by Gasteiger charge is -2.31. The molecule has 1 amide bonds. The number of nitrogens with zero attached hydrogens (tertiary/aromatic N) is 1. The van der Waals surface area contributed by atoms with Gasteiger partial charge in [-0.2, -0.15) is 0 Å². The Morgan fingerprint density at radius 3 is 2.86 bits per heavy atom. The minimum Gasteiger partial charge on any atom is -0.496 e. The van der Waals surface area contributed by atoms with Gasteiger partial charge in [0, 0.05) is 31.7 Å². The summed E-state index contributed by atoms with van der Waals surface area (Å²) in [5.74, 6) is 1.76. The molecular formula is C23H34N2O3. The van der Waals surface area contributed by atoms with E-state index in [9.17, 15) is 4.79 Å². The lowest BCUT2D eigenvalue weighted by atomic mass is 9.92. The lowest BCUT2D eigenvalue weighted by molar-refractivity contribution is -0.122. The van der Waals surface area contributed by atoms with Gasteiger partial charge in [0.05, 0.1) is 13.2 Å². The first-order chi connectivity index (χ1) is 13.7. The van der Waals surface area contributed by atoms with Crippen molar-refractivity contribution in [2.75, 3.05) is 39.9 Å². The average molecular weight is 387 g/mol. The average Bonchev–Trinajstić information content (AvgIpc) is 3.26. The van der Waals surface area contributed by atoms with Crippen LogP contribution in [0.5, 0.6) is 5.75 Å². The van der Waals surface area contributed by atoms with Crippen molar-refractivity contribution in [3.05, 3.63) is 35.9 Å². The molecule has 1 N–H and O–H groups in total. The van der Waals surface area contributed by atoms with E-state index >= 15 is 0 Å². The van der Waals surface area contributed by atoms with Gasteiger partial charge in [0.1, 0.15) is 5.75 Å². The van der Waals surface area contributed by atoms with E-state index in [0.29, 0.717) is 18.9 Å². The maximum Gasteiger partial charge on any atom is 0.220 e. The van der Waals surface area contributed by atoms with Gasteiger partial charge in [0.15, 0.2) is 0 Å². The molecule has 0 aromatic heterocycles. The first-order valence-corrected chi connectivity index (χ1v) is 10.6. The number of ether oxygens (including phenoxy) is 2. The van der Waals surface area contributed by atoms with Crippen molar-refractivity contribution >= 4 is 12.0 Å². The van der Waals surface area contributed by atoms with Gasteiger partial charge in [-0.05, 0) is 57.2 Å². The third-order valence-electron chi connectivity index (χ3n) is 5.84. The Hall–Kier alpha value is -1.85. The number of methoxy groups -OCH3 is 1. The van der Waals surface area contributed by atoms with Crippen LogP contribution >= 0.6 is 0 Å². The highest BCUT2D eigenvalue weighted by Crippen LogP contribution is 2.22. The zero-order valence-corrected chi connectivity index (χ0v) is 17.1. The molecule has 5 nitrogen and oxygen atoms in total. The third-order valence-corrected chi connectivity index (χ3v) is 5.84. The summed E-state index contributed by atoms with van der Waals surface area (Å²) in [6.07, 6.45) is 10.8. The monoisotopic (exact) mass is 386 g/mol.